The monoisotopic (exact) mass is 419 g/mol. The maximum atomic E-state index is 13.6. The predicted molar refractivity (Wildman–Crippen MR) is 86.5 cm³/mol. The number of nitrogens with one attached hydrogen (secondary N) is 1. The number of benzene rings is 2. The van der Waals surface area contributed by atoms with Crippen LogP contribution in [0.5, 0.6) is 5.75 Å². The molecule has 146 valence electrons. The normalized spacial score (nSPS) is 11.1. The van der Waals surface area contributed by atoms with E-state index in [1.807, 2.05) is 0 Å². The second-order valence-corrected chi connectivity index (χ2v) is 5.77. The molecule has 5 nitrogen and oxygen atoms in total. The summed E-state index contributed by atoms with van der Waals surface area (Å²) in [6.07, 6.45) is -3.44. The largest absolute Gasteiger partial charge is 1.00 e. The zero-order valence-corrected chi connectivity index (χ0v) is 16.9. The van der Waals surface area contributed by atoms with Gasteiger partial charge in [-0.1, -0.05) is 24.3 Å². The summed E-state index contributed by atoms with van der Waals surface area (Å²) in [6.45, 7) is -0.334. The molecule has 0 aliphatic heterocycles. The zero-order valence-electron chi connectivity index (χ0n) is 14.9. The molecule has 0 radical (unpaired) electrons. The molecular formula is C18H11F5N3NaO2. The Kier molecular flexibility index (Phi) is 7.04. The maximum absolute atomic E-state index is 13.6. The summed E-state index contributed by atoms with van der Waals surface area (Å²) in [7, 11) is 0. The van der Waals surface area contributed by atoms with Gasteiger partial charge in [0, 0.05) is 12.3 Å². The third-order valence-electron chi connectivity index (χ3n) is 3.79. The van der Waals surface area contributed by atoms with Crippen LogP contribution in [0.25, 0.3) is 0 Å². The first-order valence-electron chi connectivity index (χ1n) is 7.81. The van der Waals surface area contributed by atoms with Crippen molar-refractivity contribution in [1.82, 2.24) is 9.78 Å². The van der Waals surface area contributed by atoms with Crippen molar-refractivity contribution in [1.29, 1.82) is 0 Å². The number of amides is 1. The van der Waals surface area contributed by atoms with Gasteiger partial charge in [-0.3, -0.25) is 9.48 Å². The van der Waals surface area contributed by atoms with Gasteiger partial charge in [0.05, 0.1) is 12.1 Å². The number of alkyl halides is 3. The Bertz CT molecular complexity index is 1020. The minimum atomic E-state index is -4.72. The number of aromatic nitrogens is 2. The molecule has 0 spiro atoms. The summed E-state index contributed by atoms with van der Waals surface area (Å²) in [6, 6.07) is 6.71. The van der Waals surface area contributed by atoms with E-state index in [4.69, 9.17) is 0 Å². The van der Waals surface area contributed by atoms with E-state index < -0.39 is 40.6 Å². The SMILES string of the molecule is O=C(Nc1ccn(Cc2ccc([O-])cc2C(F)(F)F)n1)c1c(F)cccc1F.[Na+]. The number of rotatable bonds is 4. The average molecular weight is 419 g/mol. The van der Waals surface area contributed by atoms with Crippen molar-refractivity contribution in [2.24, 2.45) is 0 Å². The Morgan fingerprint density at radius 3 is 2.38 bits per heavy atom. The van der Waals surface area contributed by atoms with Crippen LogP contribution in [0.15, 0.2) is 48.7 Å². The zero-order chi connectivity index (χ0) is 20.5. The Balaban J connectivity index is 0.00000300. The molecule has 0 aliphatic rings. The standard InChI is InChI=1S/C18H12F5N3O2.Na/c19-13-2-1-3-14(20)16(13)17(28)24-15-6-7-26(25-15)9-10-4-5-11(27)8-12(10)18(21,22)23;/h1-8,27H,9H2,(H,24,25,28);/q;+1/p-1. The predicted octanol–water partition coefficient (Wildman–Crippen LogP) is 0.558. The van der Waals surface area contributed by atoms with Crippen molar-refractivity contribution < 1.29 is 61.4 Å². The molecule has 1 N–H and O–H groups in total. The summed E-state index contributed by atoms with van der Waals surface area (Å²) in [5.74, 6) is -4.11. The minimum absolute atomic E-state index is 0. The number of nitrogens with zero attached hydrogens (tertiary/aromatic N) is 2. The number of carbonyl (C=O) groups is 1. The molecule has 3 aromatic rings. The fraction of sp³-hybridized carbons (Fsp3) is 0.111. The van der Waals surface area contributed by atoms with Gasteiger partial charge >= 0.3 is 35.7 Å². The molecule has 1 heterocycles. The van der Waals surface area contributed by atoms with Gasteiger partial charge in [0.25, 0.3) is 5.91 Å². The average Bonchev–Trinajstić information content (AvgIpc) is 3.02. The van der Waals surface area contributed by atoms with Gasteiger partial charge < -0.3 is 10.4 Å². The first-order valence-corrected chi connectivity index (χ1v) is 7.81. The summed E-state index contributed by atoms with van der Waals surface area (Å²) in [5, 5.41) is 17.3. The molecule has 1 amide bonds. The molecule has 0 saturated heterocycles. The molecule has 0 unspecified atom stereocenters. The Morgan fingerprint density at radius 1 is 1.10 bits per heavy atom. The molecule has 0 bridgehead atoms. The van der Waals surface area contributed by atoms with Crippen molar-refractivity contribution in [3.05, 3.63) is 77.0 Å². The van der Waals surface area contributed by atoms with E-state index >= 15 is 0 Å². The molecule has 0 aliphatic carbocycles. The van der Waals surface area contributed by atoms with E-state index in [-0.39, 0.29) is 47.5 Å². The van der Waals surface area contributed by atoms with Gasteiger partial charge in [0.15, 0.2) is 5.82 Å². The van der Waals surface area contributed by atoms with E-state index in [0.717, 1.165) is 35.0 Å². The van der Waals surface area contributed by atoms with Crippen LogP contribution in [0.1, 0.15) is 21.5 Å². The van der Waals surface area contributed by atoms with Crippen LogP contribution in [0, 0.1) is 11.6 Å². The van der Waals surface area contributed by atoms with Gasteiger partial charge in [-0.2, -0.15) is 18.3 Å². The van der Waals surface area contributed by atoms with Crippen LogP contribution < -0.4 is 40.0 Å². The summed E-state index contributed by atoms with van der Waals surface area (Å²) in [5.41, 5.74) is -2.09. The Morgan fingerprint density at radius 2 is 1.76 bits per heavy atom. The van der Waals surface area contributed by atoms with E-state index in [1.165, 1.54) is 12.3 Å². The van der Waals surface area contributed by atoms with E-state index in [2.05, 4.69) is 10.4 Å². The summed E-state index contributed by atoms with van der Waals surface area (Å²) < 4.78 is 67.6. The number of hydrogen-bond donors (Lipinski definition) is 1. The van der Waals surface area contributed by atoms with Gasteiger partial charge in [0.1, 0.15) is 17.2 Å². The number of hydrogen-bond acceptors (Lipinski definition) is 3. The number of anilines is 1. The van der Waals surface area contributed by atoms with E-state index in [9.17, 15) is 31.9 Å². The quantitative estimate of drug-likeness (QED) is 0.497. The minimum Gasteiger partial charge on any atom is -0.872 e. The van der Waals surface area contributed by atoms with Crippen molar-refractivity contribution in [3.8, 4) is 5.75 Å². The first-order chi connectivity index (χ1) is 13.1. The van der Waals surface area contributed by atoms with Crippen LogP contribution in [-0.4, -0.2) is 15.7 Å². The van der Waals surface area contributed by atoms with Crippen molar-refractivity contribution in [3.63, 3.8) is 0 Å². The van der Waals surface area contributed by atoms with Gasteiger partial charge in [-0.15, -0.1) is 5.75 Å². The summed E-state index contributed by atoms with van der Waals surface area (Å²) >= 11 is 0. The molecule has 3 rings (SSSR count). The van der Waals surface area contributed by atoms with Gasteiger partial charge in [-0.05, 0) is 17.7 Å². The van der Waals surface area contributed by atoms with Crippen LogP contribution in [0.3, 0.4) is 0 Å². The van der Waals surface area contributed by atoms with Crippen LogP contribution in [-0.2, 0) is 12.7 Å². The first kappa shape index (κ1) is 22.9. The molecule has 29 heavy (non-hydrogen) atoms. The van der Waals surface area contributed by atoms with Gasteiger partial charge in [0.2, 0.25) is 0 Å². The molecule has 0 atom stereocenters. The Hall–Kier alpha value is -2.43. The number of carbonyl (C=O) groups excluding carboxylic acids is 1. The topological polar surface area (TPSA) is 70.0 Å². The molecule has 11 heteroatoms. The smallest absolute Gasteiger partial charge is 0.872 e. The van der Waals surface area contributed by atoms with Gasteiger partial charge in [-0.25, -0.2) is 8.78 Å². The molecule has 1 aromatic heterocycles. The Labute approximate surface area is 183 Å². The van der Waals surface area contributed by atoms with Crippen LogP contribution in [0.4, 0.5) is 27.8 Å². The van der Waals surface area contributed by atoms with E-state index in [0.29, 0.717) is 6.07 Å². The van der Waals surface area contributed by atoms with Crippen molar-refractivity contribution in [2.75, 3.05) is 5.32 Å². The van der Waals surface area contributed by atoms with Crippen LogP contribution >= 0.6 is 0 Å². The fourth-order valence-corrected chi connectivity index (χ4v) is 2.54. The maximum Gasteiger partial charge on any atom is 1.00 e. The third-order valence-corrected chi connectivity index (χ3v) is 3.79. The second kappa shape index (κ2) is 8.93. The molecular weight excluding hydrogens is 408 g/mol. The molecule has 0 fully saturated rings. The van der Waals surface area contributed by atoms with Crippen molar-refractivity contribution >= 4 is 11.7 Å². The van der Waals surface area contributed by atoms with Crippen molar-refractivity contribution in [2.45, 2.75) is 12.7 Å². The van der Waals surface area contributed by atoms with E-state index in [1.54, 1.807) is 0 Å². The molecule has 0 saturated carbocycles. The second-order valence-electron chi connectivity index (χ2n) is 5.77. The van der Waals surface area contributed by atoms with Crippen LogP contribution in [0.2, 0.25) is 0 Å². The number of halogens is 5. The summed E-state index contributed by atoms with van der Waals surface area (Å²) in [4.78, 5) is 12.0. The molecule has 2 aromatic carbocycles. The third kappa shape index (κ3) is 5.34. The fourth-order valence-electron chi connectivity index (χ4n) is 2.54.